The Balaban J connectivity index is 1.11. The molecule has 0 unspecified atom stereocenters. The van der Waals surface area contributed by atoms with Gasteiger partial charge < -0.3 is 9.13 Å². The molecule has 0 aliphatic heterocycles. The highest BCUT2D eigenvalue weighted by molar-refractivity contribution is 6.11. The second-order valence-corrected chi connectivity index (χ2v) is 15.7. The summed E-state index contributed by atoms with van der Waals surface area (Å²) in [6.07, 6.45) is 0. The fourth-order valence-corrected chi connectivity index (χ4v) is 8.83. The Kier molecular flexibility index (Phi) is 8.56. The van der Waals surface area contributed by atoms with Gasteiger partial charge in [-0.05, 0) is 104 Å². The van der Waals surface area contributed by atoms with Crippen molar-refractivity contribution in [3.63, 3.8) is 0 Å². The Hall–Kier alpha value is -8.65. The standard InChI is InChI=1S/C55H35N7/c1-34-16-24-51-45(28-34)42-12-6-8-14-48(42)61(51)47-26-22-39(30-41(47)33-57)54-58-53(38-10-4-3-5-11-38)59-55(60-54)40-23-27-50(44(31-40)37-20-18-36(32-56)19-21-37)62-49-15-9-7-13-43(49)46-29-35(2)17-25-52(46)62/h3-31H,1-2H3. The Morgan fingerprint density at radius 2 is 0.871 bits per heavy atom. The van der Waals surface area contributed by atoms with Crippen molar-refractivity contribution in [3.05, 3.63) is 198 Å². The molecule has 11 aromatic rings. The number of rotatable bonds is 6. The maximum absolute atomic E-state index is 10.7. The molecule has 0 aliphatic rings. The lowest BCUT2D eigenvalue weighted by molar-refractivity contribution is 1.07. The van der Waals surface area contributed by atoms with Crippen LogP contribution in [0.15, 0.2) is 176 Å². The fraction of sp³-hybridized carbons (Fsp3) is 0.0364. The summed E-state index contributed by atoms with van der Waals surface area (Å²) in [6.45, 7) is 4.22. The van der Waals surface area contributed by atoms with E-state index in [0.29, 0.717) is 34.2 Å². The molecule has 0 N–H and O–H groups in total. The van der Waals surface area contributed by atoms with Crippen molar-refractivity contribution in [1.82, 2.24) is 24.1 Å². The summed E-state index contributed by atoms with van der Waals surface area (Å²) in [7, 11) is 0. The number of fused-ring (bicyclic) bond motifs is 6. The monoisotopic (exact) mass is 793 g/mol. The first-order valence-corrected chi connectivity index (χ1v) is 20.5. The normalized spacial score (nSPS) is 11.4. The van der Waals surface area contributed by atoms with Crippen LogP contribution in [0.5, 0.6) is 0 Å². The van der Waals surface area contributed by atoms with Crippen LogP contribution in [0.2, 0.25) is 0 Å². The van der Waals surface area contributed by atoms with E-state index in [2.05, 4.69) is 132 Å². The number of aryl methyl sites for hydroxylation is 2. The van der Waals surface area contributed by atoms with Crippen LogP contribution in [0.1, 0.15) is 22.3 Å². The number of benzene rings is 8. The number of para-hydroxylation sites is 2. The maximum atomic E-state index is 10.7. The van der Waals surface area contributed by atoms with Gasteiger partial charge in [0.1, 0.15) is 6.07 Å². The van der Waals surface area contributed by atoms with Crippen molar-refractivity contribution in [2.45, 2.75) is 13.8 Å². The van der Waals surface area contributed by atoms with Crippen molar-refractivity contribution in [2.24, 2.45) is 0 Å². The van der Waals surface area contributed by atoms with Crippen molar-refractivity contribution >= 4 is 43.6 Å². The molecule has 7 nitrogen and oxygen atoms in total. The minimum Gasteiger partial charge on any atom is -0.309 e. The Labute approximate surface area is 357 Å². The molecule has 0 bridgehead atoms. The molecule has 8 aromatic carbocycles. The molecule has 7 heteroatoms. The first-order valence-electron chi connectivity index (χ1n) is 20.5. The average Bonchev–Trinajstić information content (AvgIpc) is 3.83. The lowest BCUT2D eigenvalue weighted by Crippen LogP contribution is -2.03. The first-order chi connectivity index (χ1) is 30.4. The van der Waals surface area contributed by atoms with Gasteiger partial charge in [-0.25, -0.2) is 15.0 Å². The summed E-state index contributed by atoms with van der Waals surface area (Å²) >= 11 is 0. The quantitative estimate of drug-likeness (QED) is 0.167. The maximum Gasteiger partial charge on any atom is 0.164 e. The van der Waals surface area contributed by atoms with Gasteiger partial charge in [0.15, 0.2) is 17.5 Å². The number of nitriles is 2. The molecule has 290 valence electrons. The minimum atomic E-state index is 0.455. The van der Waals surface area contributed by atoms with E-state index in [4.69, 9.17) is 15.0 Å². The summed E-state index contributed by atoms with van der Waals surface area (Å²) in [4.78, 5) is 15.3. The molecule has 62 heavy (non-hydrogen) atoms. The Morgan fingerprint density at radius 1 is 0.387 bits per heavy atom. The number of aromatic nitrogens is 5. The molecular weight excluding hydrogens is 759 g/mol. The fourth-order valence-electron chi connectivity index (χ4n) is 8.83. The summed E-state index contributed by atoms with van der Waals surface area (Å²) in [5.74, 6) is 1.47. The van der Waals surface area contributed by atoms with Gasteiger partial charge in [0, 0.05) is 43.8 Å². The number of hydrogen-bond acceptors (Lipinski definition) is 5. The van der Waals surface area contributed by atoms with Crippen molar-refractivity contribution in [1.29, 1.82) is 10.5 Å². The van der Waals surface area contributed by atoms with Gasteiger partial charge in [-0.2, -0.15) is 10.5 Å². The van der Waals surface area contributed by atoms with Gasteiger partial charge >= 0.3 is 0 Å². The third-order valence-electron chi connectivity index (χ3n) is 11.8. The highest BCUT2D eigenvalue weighted by Gasteiger charge is 2.21. The number of nitrogens with zero attached hydrogens (tertiary/aromatic N) is 7. The van der Waals surface area contributed by atoms with Gasteiger partial charge in [-0.15, -0.1) is 0 Å². The lowest BCUT2D eigenvalue weighted by atomic mass is 9.99. The molecule has 0 radical (unpaired) electrons. The zero-order valence-corrected chi connectivity index (χ0v) is 33.9. The minimum absolute atomic E-state index is 0.455. The van der Waals surface area contributed by atoms with E-state index in [1.807, 2.05) is 78.9 Å². The van der Waals surface area contributed by atoms with E-state index in [0.717, 1.165) is 66.5 Å². The lowest BCUT2D eigenvalue weighted by Gasteiger charge is -2.16. The number of hydrogen-bond donors (Lipinski definition) is 0. The van der Waals surface area contributed by atoms with E-state index in [1.165, 1.54) is 21.9 Å². The summed E-state index contributed by atoms with van der Waals surface area (Å²) < 4.78 is 4.49. The van der Waals surface area contributed by atoms with Crippen molar-refractivity contribution in [3.8, 4) is 68.8 Å². The summed E-state index contributed by atoms with van der Waals surface area (Å²) in [5.41, 5.74) is 13.7. The Bertz CT molecular complexity index is 3670. The molecule has 3 heterocycles. The van der Waals surface area contributed by atoms with Gasteiger partial charge in [-0.1, -0.05) is 102 Å². The zero-order chi connectivity index (χ0) is 41.9. The smallest absolute Gasteiger partial charge is 0.164 e. The zero-order valence-electron chi connectivity index (χ0n) is 33.9. The predicted molar refractivity (Wildman–Crippen MR) is 249 cm³/mol. The topological polar surface area (TPSA) is 96.1 Å². The van der Waals surface area contributed by atoms with E-state index >= 15 is 0 Å². The predicted octanol–water partition coefficient (Wildman–Crippen LogP) is 13.1. The third-order valence-corrected chi connectivity index (χ3v) is 11.8. The molecule has 0 amide bonds. The van der Waals surface area contributed by atoms with Crippen LogP contribution in [0.3, 0.4) is 0 Å². The molecule has 0 saturated carbocycles. The van der Waals surface area contributed by atoms with Crippen molar-refractivity contribution in [2.75, 3.05) is 0 Å². The van der Waals surface area contributed by atoms with Crippen LogP contribution < -0.4 is 0 Å². The van der Waals surface area contributed by atoms with E-state index in [1.54, 1.807) is 0 Å². The summed E-state index contributed by atoms with van der Waals surface area (Å²) in [5, 5.41) is 25.0. The van der Waals surface area contributed by atoms with Gasteiger partial charge in [0.25, 0.3) is 0 Å². The van der Waals surface area contributed by atoms with E-state index in [-0.39, 0.29) is 0 Å². The molecule has 0 aliphatic carbocycles. The Morgan fingerprint density at radius 3 is 1.45 bits per heavy atom. The van der Waals surface area contributed by atoms with E-state index in [9.17, 15) is 10.5 Å². The molecular formula is C55H35N7. The van der Waals surface area contributed by atoms with Crippen LogP contribution in [0.25, 0.3) is 100 Å². The van der Waals surface area contributed by atoms with Gasteiger partial charge in [0.05, 0.1) is 50.6 Å². The van der Waals surface area contributed by atoms with Gasteiger partial charge in [-0.3, -0.25) is 0 Å². The molecule has 0 fully saturated rings. The van der Waals surface area contributed by atoms with Crippen molar-refractivity contribution < 1.29 is 0 Å². The van der Waals surface area contributed by atoms with Crippen LogP contribution in [0, 0.1) is 36.5 Å². The largest absolute Gasteiger partial charge is 0.309 e. The van der Waals surface area contributed by atoms with Crippen LogP contribution in [-0.2, 0) is 0 Å². The van der Waals surface area contributed by atoms with E-state index < -0.39 is 0 Å². The molecule has 11 rings (SSSR count). The van der Waals surface area contributed by atoms with Gasteiger partial charge in [0.2, 0.25) is 0 Å². The van der Waals surface area contributed by atoms with Crippen LogP contribution in [0.4, 0.5) is 0 Å². The molecule has 0 spiro atoms. The second kappa shape index (κ2) is 14.6. The highest BCUT2D eigenvalue weighted by atomic mass is 15.0. The SMILES string of the molecule is Cc1ccc2c(c1)c1ccccc1n2-c1ccc(-c2nc(-c3ccccc3)nc(-c3ccc(-n4c5ccccc5c5cc(C)ccc54)c(-c4ccc(C#N)cc4)c3)n2)cc1C#N. The highest BCUT2D eigenvalue weighted by Crippen LogP contribution is 2.39. The molecule has 0 saturated heterocycles. The molecule has 0 atom stereocenters. The van der Waals surface area contributed by atoms with Crippen LogP contribution >= 0.6 is 0 Å². The van der Waals surface area contributed by atoms with Crippen LogP contribution in [-0.4, -0.2) is 24.1 Å². The second-order valence-electron chi connectivity index (χ2n) is 15.7. The average molecular weight is 794 g/mol. The summed E-state index contributed by atoms with van der Waals surface area (Å²) in [6, 6.07) is 64.4. The first kappa shape index (κ1) is 36.4. The third kappa shape index (κ3) is 6.00. The molecule has 3 aromatic heterocycles.